The van der Waals surface area contributed by atoms with Gasteiger partial charge in [0, 0.05) is 17.8 Å². The number of hydrogen-bond donors (Lipinski definition) is 2. The zero-order chi connectivity index (χ0) is 19.1. The van der Waals surface area contributed by atoms with Crippen LogP contribution in [0, 0.1) is 0 Å². The first-order valence-electron chi connectivity index (χ1n) is 9.91. The quantitative estimate of drug-likeness (QED) is 0.783. The standard InChI is InChI=1S/C23H28N2O2/c1-2-17-24-22(27)23(15-7-4-8-16-23)19-11-13-20(14-12-19)25-21(26)18-9-5-3-6-10-18/h3,5-6,9-14H,2,4,7-8,15-17H2,1H3,(H,24,27)(H,25,26). The van der Waals surface area contributed by atoms with Crippen molar-refractivity contribution in [1.29, 1.82) is 0 Å². The van der Waals surface area contributed by atoms with Crippen molar-refractivity contribution in [2.24, 2.45) is 0 Å². The summed E-state index contributed by atoms with van der Waals surface area (Å²) in [7, 11) is 0. The molecule has 1 aliphatic rings. The molecule has 2 amide bonds. The lowest BCUT2D eigenvalue weighted by Gasteiger charge is -2.36. The van der Waals surface area contributed by atoms with Crippen LogP contribution < -0.4 is 10.6 Å². The number of hydrogen-bond acceptors (Lipinski definition) is 2. The number of anilines is 1. The van der Waals surface area contributed by atoms with E-state index >= 15 is 0 Å². The second-order valence-corrected chi connectivity index (χ2v) is 7.30. The summed E-state index contributed by atoms with van der Waals surface area (Å²) in [6, 6.07) is 17.0. The van der Waals surface area contributed by atoms with E-state index in [1.165, 1.54) is 6.42 Å². The SMILES string of the molecule is CCCNC(=O)C1(c2ccc(NC(=O)c3ccccc3)cc2)CCCCC1. The summed E-state index contributed by atoms with van der Waals surface area (Å²) in [5, 5.41) is 6.03. The molecule has 4 heteroatoms. The van der Waals surface area contributed by atoms with Crippen LogP contribution in [0.25, 0.3) is 0 Å². The molecule has 1 saturated carbocycles. The summed E-state index contributed by atoms with van der Waals surface area (Å²) in [6.45, 7) is 2.78. The third-order valence-electron chi connectivity index (χ3n) is 5.41. The number of nitrogens with one attached hydrogen (secondary N) is 2. The molecule has 3 rings (SSSR count). The van der Waals surface area contributed by atoms with Gasteiger partial charge in [0.25, 0.3) is 5.91 Å². The van der Waals surface area contributed by atoms with E-state index in [-0.39, 0.29) is 11.8 Å². The molecule has 0 heterocycles. The van der Waals surface area contributed by atoms with Crippen LogP contribution in [-0.2, 0) is 10.2 Å². The van der Waals surface area contributed by atoms with Crippen molar-refractivity contribution in [2.75, 3.05) is 11.9 Å². The fourth-order valence-corrected chi connectivity index (χ4v) is 3.88. The van der Waals surface area contributed by atoms with Crippen LogP contribution in [0.1, 0.15) is 61.4 Å². The average Bonchev–Trinajstić information content (AvgIpc) is 2.73. The van der Waals surface area contributed by atoms with E-state index in [1.807, 2.05) is 42.5 Å². The Morgan fingerprint density at radius 3 is 2.22 bits per heavy atom. The first-order valence-corrected chi connectivity index (χ1v) is 9.91. The van der Waals surface area contributed by atoms with Gasteiger partial charge in [0.2, 0.25) is 5.91 Å². The fraction of sp³-hybridized carbons (Fsp3) is 0.391. The molecule has 1 fully saturated rings. The Bertz CT molecular complexity index is 763. The van der Waals surface area contributed by atoms with E-state index in [2.05, 4.69) is 17.6 Å². The van der Waals surface area contributed by atoms with Gasteiger partial charge in [0.1, 0.15) is 0 Å². The van der Waals surface area contributed by atoms with Crippen molar-refractivity contribution < 1.29 is 9.59 Å². The minimum Gasteiger partial charge on any atom is -0.355 e. The molecule has 0 atom stereocenters. The van der Waals surface area contributed by atoms with E-state index in [4.69, 9.17) is 0 Å². The third kappa shape index (κ3) is 4.38. The summed E-state index contributed by atoms with van der Waals surface area (Å²) < 4.78 is 0. The van der Waals surface area contributed by atoms with Crippen molar-refractivity contribution in [1.82, 2.24) is 5.32 Å². The van der Waals surface area contributed by atoms with Gasteiger partial charge >= 0.3 is 0 Å². The van der Waals surface area contributed by atoms with Gasteiger partial charge in [-0.2, -0.15) is 0 Å². The largest absolute Gasteiger partial charge is 0.355 e. The molecule has 2 aromatic carbocycles. The second-order valence-electron chi connectivity index (χ2n) is 7.30. The van der Waals surface area contributed by atoms with Gasteiger partial charge in [-0.05, 0) is 49.1 Å². The predicted octanol–water partition coefficient (Wildman–Crippen LogP) is 4.67. The van der Waals surface area contributed by atoms with E-state index in [0.717, 1.165) is 43.4 Å². The lowest BCUT2D eigenvalue weighted by Crippen LogP contribution is -2.46. The molecule has 0 unspecified atom stereocenters. The molecule has 0 radical (unpaired) electrons. The number of carbonyl (C=O) groups is 2. The molecule has 27 heavy (non-hydrogen) atoms. The first-order chi connectivity index (χ1) is 13.2. The highest BCUT2D eigenvalue weighted by molar-refractivity contribution is 6.04. The third-order valence-corrected chi connectivity index (χ3v) is 5.41. The highest BCUT2D eigenvalue weighted by Gasteiger charge is 2.40. The Morgan fingerprint density at radius 2 is 1.59 bits per heavy atom. The average molecular weight is 364 g/mol. The van der Waals surface area contributed by atoms with Gasteiger partial charge in [-0.25, -0.2) is 0 Å². The number of amides is 2. The van der Waals surface area contributed by atoms with E-state index < -0.39 is 5.41 Å². The maximum atomic E-state index is 12.9. The maximum absolute atomic E-state index is 12.9. The fourth-order valence-electron chi connectivity index (χ4n) is 3.88. The highest BCUT2D eigenvalue weighted by Crippen LogP contribution is 2.40. The molecular formula is C23H28N2O2. The van der Waals surface area contributed by atoms with E-state index in [1.54, 1.807) is 12.1 Å². The molecule has 0 saturated heterocycles. The zero-order valence-electron chi connectivity index (χ0n) is 16.0. The van der Waals surface area contributed by atoms with Crippen LogP contribution >= 0.6 is 0 Å². The molecule has 1 aliphatic carbocycles. The van der Waals surface area contributed by atoms with Crippen LogP contribution in [0.15, 0.2) is 54.6 Å². The van der Waals surface area contributed by atoms with Crippen molar-refractivity contribution >= 4 is 17.5 Å². The van der Waals surface area contributed by atoms with E-state index in [0.29, 0.717) is 12.1 Å². The minimum atomic E-state index is -0.435. The van der Waals surface area contributed by atoms with Gasteiger partial charge < -0.3 is 10.6 Å². The van der Waals surface area contributed by atoms with Crippen LogP contribution in [0.3, 0.4) is 0 Å². The lowest BCUT2D eigenvalue weighted by atomic mass is 9.68. The molecule has 4 nitrogen and oxygen atoms in total. The van der Waals surface area contributed by atoms with Gasteiger partial charge in [-0.15, -0.1) is 0 Å². The predicted molar refractivity (Wildman–Crippen MR) is 109 cm³/mol. The van der Waals surface area contributed by atoms with Gasteiger partial charge in [-0.3, -0.25) is 9.59 Å². The van der Waals surface area contributed by atoms with Crippen molar-refractivity contribution in [2.45, 2.75) is 50.9 Å². The van der Waals surface area contributed by atoms with Gasteiger partial charge in [0.05, 0.1) is 5.41 Å². The van der Waals surface area contributed by atoms with Crippen LogP contribution in [0.4, 0.5) is 5.69 Å². The second kappa shape index (κ2) is 8.85. The molecular weight excluding hydrogens is 336 g/mol. The molecule has 2 aromatic rings. The number of rotatable bonds is 6. The first kappa shape index (κ1) is 19.2. The van der Waals surface area contributed by atoms with Crippen molar-refractivity contribution in [3.63, 3.8) is 0 Å². The number of benzene rings is 2. The van der Waals surface area contributed by atoms with Gasteiger partial charge in [0.15, 0.2) is 0 Å². The van der Waals surface area contributed by atoms with Crippen LogP contribution in [-0.4, -0.2) is 18.4 Å². The molecule has 0 bridgehead atoms. The number of carbonyl (C=O) groups excluding carboxylic acids is 2. The Hall–Kier alpha value is -2.62. The van der Waals surface area contributed by atoms with Gasteiger partial charge in [-0.1, -0.05) is 56.5 Å². The van der Waals surface area contributed by atoms with Crippen molar-refractivity contribution in [3.05, 3.63) is 65.7 Å². The Morgan fingerprint density at radius 1 is 0.926 bits per heavy atom. The molecule has 2 N–H and O–H groups in total. The smallest absolute Gasteiger partial charge is 0.255 e. The Labute approximate surface area is 161 Å². The lowest BCUT2D eigenvalue weighted by molar-refractivity contribution is -0.128. The van der Waals surface area contributed by atoms with E-state index in [9.17, 15) is 9.59 Å². The monoisotopic (exact) mass is 364 g/mol. The summed E-state index contributed by atoms with van der Waals surface area (Å²) in [4.78, 5) is 25.3. The normalized spacial score (nSPS) is 15.7. The summed E-state index contributed by atoms with van der Waals surface area (Å²) in [5.41, 5.74) is 1.99. The summed E-state index contributed by atoms with van der Waals surface area (Å²) in [6.07, 6.45) is 6.05. The molecule has 0 spiro atoms. The Kier molecular flexibility index (Phi) is 6.28. The molecule has 142 valence electrons. The zero-order valence-corrected chi connectivity index (χ0v) is 16.0. The minimum absolute atomic E-state index is 0.128. The Balaban J connectivity index is 1.77. The summed E-state index contributed by atoms with van der Waals surface area (Å²) >= 11 is 0. The molecule has 0 aliphatic heterocycles. The topological polar surface area (TPSA) is 58.2 Å². The maximum Gasteiger partial charge on any atom is 0.255 e. The van der Waals surface area contributed by atoms with Crippen LogP contribution in [0.5, 0.6) is 0 Å². The summed E-state index contributed by atoms with van der Waals surface area (Å²) in [5.74, 6) is 0.0153. The highest BCUT2D eigenvalue weighted by atomic mass is 16.2. The van der Waals surface area contributed by atoms with Crippen LogP contribution in [0.2, 0.25) is 0 Å². The van der Waals surface area contributed by atoms with Crippen molar-refractivity contribution in [3.8, 4) is 0 Å². The molecule has 0 aromatic heterocycles.